The van der Waals surface area contributed by atoms with Gasteiger partial charge in [0.25, 0.3) is 5.91 Å². The number of rotatable bonds is 6. The first kappa shape index (κ1) is 18.4. The van der Waals surface area contributed by atoms with Gasteiger partial charge in [0.2, 0.25) is 5.95 Å². The number of carbonyl (C=O) groups excluding carboxylic acids is 1. The van der Waals surface area contributed by atoms with Crippen LogP contribution in [-0.4, -0.2) is 28.6 Å². The molecule has 0 radical (unpaired) electrons. The van der Waals surface area contributed by atoms with Crippen LogP contribution in [0.1, 0.15) is 18.2 Å². The highest BCUT2D eigenvalue weighted by Crippen LogP contribution is 2.25. The van der Waals surface area contributed by atoms with E-state index in [0.717, 1.165) is 12.0 Å². The van der Waals surface area contributed by atoms with E-state index < -0.39 is 5.91 Å². The zero-order valence-electron chi connectivity index (χ0n) is 14.0. The molecule has 8 heteroatoms. The maximum atomic E-state index is 11.9. The Bertz CT molecular complexity index is 847. The van der Waals surface area contributed by atoms with E-state index in [0.29, 0.717) is 22.1 Å². The topological polar surface area (TPSA) is 119 Å². The summed E-state index contributed by atoms with van der Waals surface area (Å²) in [5.41, 5.74) is 13.8. The zero-order valence-corrected chi connectivity index (χ0v) is 14.7. The van der Waals surface area contributed by atoms with Gasteiger partial charge >= 0.3 is 0 Å². The molecule has 0 aliphatic carbocycles. The molecule has 0 unspecified atom stereocenters. The number of nitrogen functional groups attached to an aromatic ring is 1. The molecule has 7 nitrogen and oxygen atoms in total. The van der Waals surface area contributed by atoms with Gasteiger partial charge in [-0.25, -0.2) is 15.0 Å². The van der Waals surface area contributed by atoms with E-state index in [4.69, 9.17) is 23.1 Å². The van der Waals surface area contributed by atoms with E-state index >= 15 is 0 Å². The van der Waals surface area contributed by atoms with E-state index in [1.165, 1.54) is 12.3 Å². The molecule has 1 amide bonds. The Balaban J connectivity index is 2.54. The third-order valence-electron chi connectivity index (χ3n) is 3.42. The second-order valence-corrected chi connectivity index (χ2v) is 5.53. The van der Waals surface area contributed by atoms with Gasteiger partial charge in [-0.15, -0.1) is 0 Å². The van der Waals surface area contributed by atoms with E-state index in [1.807, 2.05) is 13.0 Å². The lowest BCUT2D eigenvalue weighted by Crippen LogP contribution is -2.23. The minimum absolute atomic E-state index is 0.0681. The SMILES string of the molecule is CCc1ccc(Cl)cc1/N=C(/C=C(\NC)c1ccnc(N)n1)C(N)=O. The third kappa shape index (κ3) is 4.77. The Hall–Kier alpha value is -2.93. The molecule has 0 aliphatic heterocycles. The Morgan fingerprint density at radius 3 is 2.76 bits per heavy atom. The highest BCUT2D eigenvalue weighted by Gasteiger charge is 2.11. The molecule has 0 atom stereocenters. The molecule has 0 saturated carbocycles. The zero-order chi connectivity index (χ0) is 18.4. The van der Waals surface area contributed by atoms with Gasteiger partial charge in [-0.3, -0.25) is 4.79 Å². The van der Waals surface area contributed by atoms with Gasteiger partial charge in [0, 0.05) is 18.3 Å². The molecule has 25 heavy (non-hydrogen) atoms. The van der Waals surface area contributed by atoms with Gasteiger partial charge in [0.1, 0.15) is 5.71 Å². The summed E-state index contributed by atoms with van der Waals surface area (Å²) in [6, 6.07) is 7.00. The number of nitrogens with two attached hydrogens (primary N) is 2. The number of primary amides is 1. The molecule has 0 spiro atoms. The van der Waals surface area contributed by atoms with Crippen LogP contribution in [0.2, 0.25) is 5.02 Å². The van der Waals surface area contributed by atoms with Gasteiger partial charge in [-0.1, -0.05) is 24.6 Å². The van der Waals surface area contributed by atoms with Crippen molar-refractivity contribution in [3.8, 4) is 0 Å². The molecular weight excluding hydrogens is 340 g/mol. The number of aromatic nitrogens is 2. The molecule has 1 aromatic heterocycles. The molecule has 2 aromatic rings. The molecular formula is C17H19ClN6O. The van der Waals surface area contributed by atoms with E-state index in [-0.39, 0.29) is 11.7 Å². The molecule has 1 aromatic carbocycles. The number of nitrogens with zero attached hydrogens (tertiary/aromatic N) is 3. The summed E-state index contributed by atoms with van der Waals surface area (Å²) >= 11 is 6.04. The standard InChI is InChI=1S/C17H19ClN6O/c1-3-10-4-5-11(18)8-13(10)23-15(16(19)25)9-14(21-2)12-6-7-22-17(20)24-12/h4-9,21H,3H2,1-2H3,(H2,19,25)(H2,20,22,24)/b14-9-,23-15-. The van der Waals surface area contributed by atoms with Crippen LogP contribution in [0.4, 0.5) is 11.6 Å². The van der Waals surface area contributed by atoms with Gasteiger partial charge in [0.15, 0.2) is 0 Å². The molecule has 0 saturated heterocycles. The highest BCUT2D eigenvalue weighted by atomic mass is 35.5. The number of hydrogen-bond acceptors (Lipinski definition) is 6. The van der Waals surface area contributed by atoms with Gasteiger partial charge in [0.05, 0.1) is 17.1 Å². The summed E-state index contributed by atoms with van der Waals surface area (Å²) in [5, 5.41) is 3.49. The average Bonchev–Trinajstić information content (AvgIpc) is 2.58. The second kappa shape index (κ2) is 8.25. The molecule has 0 aliphatic rings. The normalized spacial score (nSPS) is 12.1. The van der Waals surface area contributed by atoms with Crippen LogP contribution < -0.4 is 16.8 Å². The second-order valence-electron chi connectivity index (χ2n) is 5.10. The monoisotopic (exact) mass is 358 g/mol. The quantitative estimate of drug-likeness (QED) is 0.683. The van der Waals surface area contributed by atoms with E-state index in [2.05, 4.69) is 20.3 Å². The van der Waals surface area contributed by atoms with Crippen LogP contribution in [-0.2, 0) is 11.2 Å². The molecule has 0 bridgehead atoms. The fourth-order valence-electron chi connectivity index (χ4n) is 2.16. The van der Waals surface area contributed by atoms with Crippen LogP contribution in [0.3, 0.4) is 0 Å². The number of halogens is 1. The lowest BCUT2D eigenvalue weighted by atomic mass is 10.1. The van der Waals surface area contributed by atoms with Crippen LogP contribution in [0.15, 0.2) is 41.5 Å². The van der Waals surface area contributed by atoms with Crippen molar-refractivity contribution in [1.82, 2.24) is 15.3 Å². The van der Waals surface area contributed by atoms with Crippen LogP contribution in [0.25, 0.3) is 5.70 Å². The van der Waals surface area contributed by atoms with Crippen molar-refractivity contribution in [2.45, 2.75) is 13.3 Å². The molecule has 1 heterocycles. The van der Waals surface area contributed by atoms with Crippen LogP contribution in [0, 0.1) is 0 Å². The number of nitrogens with one attached hydrogen (secondary N) is 1. The highest BCUT2D eigenvalue weighted by molar-refractivity contribution is 6.44. The Morgan fingerprint density at radius 1 is 1.40 bits per heavy atom. The molecule has 130 valence electrons. The first-order chi connectivity index (χ1) is 11.9. The first-order valence-corrected chi connectivity index (χ1v) is 7.97. The molecule has 5 N–H and O–H groups in total. The Kier molecular flexibility index (Phi) is 6.08. The van der Waals surface area contributed by atoms with Crippen molar-refractivity contribution in [2.24, 2.45) is 10.7 Å². The number of aliphatic imine (C=N–C) groups is 1. The summed E-state index contributed by atoms with van der Waals surface area (Å²) in [5.74, 6) is -0.545. The van der Waals surface area contributed by atoms with Crippen LogP contribution >= 0.6 is 11.6 Å². The van der Waals surface area contributed by atoms with Crippen molar-refractivity contribution in [3.05, 3.63) is 52.8 Å². The van der Waals surface area contributed by atoms with Gasteiger partial charge in [-0.05, 0) is 36.3 Å². The van der Waals surface area contributed by atoms with Crippen molar-refractivity contribution < 1.29 is 4.79 Å². The molecule has 0 fully saturated rings. The predicted octanol–water partition coefficient (Wildman–Crippen LogP) is 2.09. The number of aryl methyl sites for hydroxylation is 1. The summed E-state index contributed by atoms with van der Waals surface area (Å²) in [6.07, 6.45) is 3.79. The maximum absolute atomic E-state index is 11.9. The summed E-state index contributed by atoms with van der Waals surface area (Å²) < 4.78 is 0. The summed E-state index contributed by atoms with van der Waals surface area (Å²) in [4.78, 5) is 24.2. The van der Waals surface area contributed by atoms with Crippen molar-refractivity contribution in [3.63, 3.8) is 0 Å². The van der Waals surface area contributed by atoms with Crippen LogP contribution in [0.5, 0.6) is 0 Å². The predicted molar refractivity (Wildman–Crippen MR) is 101 cm³/mol. The number of hydrogen-bond donors (Lipinski definition) is 3. The first-order valence-electron chi connectivity index (χ1n) is 7.59. The summed E-state index contributed by atoms with van der Waals surface area (Å²) in [6.45, 7) is 1.99. The number of amides is 1. The fraction of sp³-hybridized carbons (Fsp3) is 0.176. The van der Waals surface area contributed by atoms with Gasteiger partial charge in [-0.2, -0.15) is 0 Å². The summed E-state index contributed by atoms with van der Waals surface area (Å²) in [7, 11) is 1.69. The number of carbonyl (C=O) groups is 1. The van der Waals surface area contributed by atoms with Gasteiger partial charge < -0.3 is 16.8 Å². The number of anilines is 1. The van der Waals surface area contributed by atoms with E-state index in [1.54, 1.807) is 25.2 Å². The number of benzene rings is 1. The average molecular weight is 359 g/mol. The van der Waals surface area contributed by atoms with Crippen molar-refractivity contribution in [1.29, 1.82) is 0 Å². The smallest absolute Gasteiger partial charge is 0.267 e. The lowest BCUT2D eigenvalue weighted by Gasteiger charge is -2.08. The Labute approximate surface area is 150 Å². The maximum Gasteiger partial charge on any atom is 0.267 e. The lowest BCUT2D eigenvalue weighted by molar-refractivity contribution is -0.111. The molecule has 2 rings (SSSR count). The third-order valence-corrected chi connectivity index (χ3v) is 3.66. The largest absolute Gasteiger partial charge is 0.386 e. The van der Waals surface area contributed by atoms with E-state index in [9.17, 15) is 4.79 Å². The Morgan fingerprint density at radius 2 is 2.16 bits per heavy atom. The van der Waals surface area contributed by atoms with Crippen molar-refractivity contribution >= 4 is 40.6 Å². The minimum atomic E-state index is -0.670. The fourth-order valence-corrected chi connectivity index (χ4v) is 2.33. The minimum Gasteiger partial charge on any atom is -0.386 e. The van der Waals surface area contributed by atoms with Crippen molar-refractivity contribution in [2.75, 3.05) is 12.8 Å².